The number of fused-ring (bicyclic) bond motifs is 6. The molecule has 0 atom stereocenters. The second-order valence-corrected chi connectivity index (χ2v) is 16.7. The lowest BCUT2D eigenvalue weighted by atomic mass is 9.93. The summed E-state index contributed by atoms with van der Waals surface area (Å²) in [6.07, 6.45) is 0. The lowest BCUT2D eigenvalue weighted by molar-refractivity contribution is 1.08. The average Bonchev–Trinajstić information content (AvgIpc) is 3.40. The highest BCUT2D eigenvalue weighted by Gasteiger charge is 2.18. The molecule has 11 aromatic carbocycles. The van der Waals surface area contributed by atoms with Crippen molar-refractivity contribution >= 4 is 43.1 Å². The van der Waals surface area contributed by atoms with Crippen molar-refractivity contribution in [2.45, 2.75) is 0 Å². The van der Waals surface area contributed by atoms with E-state index < -0.39 is 0 Å². The van der Waals surface area contributed by atoms with E-state index in [1.807, 2.05) is 48.5 Å². The molecule has 4 nitrogen and oxygen atoms in total. The van der Waals surface area contributed by atoms with Gasteiger partial charge < -0.3 is 0 Å². The predicted molar refractivity (Wildman–Crippen MR) is 273 cm³/mol. The van der Waals surface area contributed by atoms with Crippen LogP contribution < -0.4 is 0 Å². The molecule has 0 fully saturated rings. The summed E-state index contributed by atoms with van der Waals surface area (Å²) in [7, 11) is 0. The molecule has 4 heteroatoms. The Bertz CT molecular complexity index is 3870. The van der Waals surface area contributed by atoms with Gasteiger partial charge in [0.1, 0.15) is 0 Å². The first-order chi connectivity index (χ1) is 32.6. The zero-order valence-corrected chi connectivity index (χ0v) is 35.7. The Morgan fingerprint density at radius 1 is 0.258 bits per heavy atom. The third-order valence-corrected chi connectivity index (χ3v) is 12.8. The van der Waals surface area contributed by atoms with E-state index in [0.29, 0.717) is 23.0 Å². The normalized spacial score (nSPS) is 11.3. The highest BCUT2D eigenvalue weighted by molar-refractivity contribution is 6.12. The first kappa shape index (κ1) is 38.6. The smallest absolute Gasteiger partial charge is 0.164 e. The fourth-order valence-corrected chi connectivity index (χ4v) is 9.40. The van der Waals surface area contributed by atoms with Crippen LogP contribution in [0.4, 0.5) is 0 Å². The fourth-order valence-electron chi connectivity index (χ4n) is 9.40. The van der Waals surface area contributed by atoms with Crippen LogP contribution >= 0.6 is 0 Å². The van der Waals surface area contributed by atoms with Crippen LogP contribution in [0, 0.1) is 11.3 Å². The van der Waals surface area contributed by atoms with Crippen LogP contribution in [-0.2, 0) is 0 Å². The van der Waals surface area contributed by atoms with E-state index in [2.05, 4.69) is 188 Å². The van der Waals surface area contributed by atoms with E-state index in [0.717, 1.165) is 66.4 Å². The van der Waals surface area contributed by atoms with Crippen molar-refractivity contribution in [2.75, 3.05) is 0 Å². The van der Waals surface area contributed by atoms with Crippen LogP contribution in [-0.4, -0.2) is 15.0 Å². The van der Waals surface area contributed by atoms with Gasteiger partial charge in [0.05, 0.1) is 11.6 Å². The van der Waals surface area contributed by atoms with Crippen LogP contribution in [0.15, 0.2) is 231 Å². The Hall–Kier alpha value is -9.04. The zero-order valence-electron chi connectivity index (χ0n) is 35.7. The molecule has 0 saturated carbocycles. The highest BCUT2D eigenvalue weighted by Crippen LogP contribution is 2.38. The molecule has 66 heavy (non-hydrogen) atoms. The van der Waals surface area contributed by atoms with Crippen molar-refractivity contribution < 1.29 is 0 Å². The summed E-state index contributed by atoms with van der Waals surface area (Å²) in [5.41, 5.74) is 11.8. The Morgan fingerprint density at radius 2 is 0.727 bits per heavy atom. The molecular weight excluding hydrogens is 801 g/mol. The third kappa shape index (κ3) is 7.02. The van der Waals surface area contributed by atoms with Gasteiger partial charge in [-0.3, -0.25) is 0 Å². The van der Waals surface area contributed by atoms with Gasteiger partial charge in [-0.1, -0.05) is 206 Å². The Labute approximate surface area is 382 Å². The van der Waals surface area contributed by atoms with Crippen molar-refractivity contribution in [3.05, 3.63) is 236 Å². The minimum Gasteiger partial charge on any atom is -0.208 e. The van der Waals surface area contributed by atoms with Gasteiger partial charge in [0.2, 0.25) is 0 Å². The second-order valence-electron chi connectivity index (χ2n) is 16.7. The number of nitrogens with zero attached hydrogens (tertiary/aromatic N) is 4. The SMILES string of the molecule is N#Cc1cc(-c2ccc(-c3ccc4ccc5ccccc5c4c3)cc2)cc(-c2ccc(-c3ccccc3-c3nc(-c4ccccc4)nc(-c4cccc5c4ccc4ccccc45)n3)cc2)c1. The molecule has 0 unspecified atom stereocenters. The maximum absolute atomic E-state index is 10.2. The van der Waals surface area contributed by atoms with E-state index in [1.54, 1.807) is 0 Å². The minimum absolute atomic E-state index is 0.600. The Morgan fingerprint density at radius 3 is 1.41 bits per heavy atom. The van der Waals surface area contributed by atoms with Crippen LogP contribution in [0.1, 0.15) is 5.56 Å². The molecule has 0 aliphatic rings. The molecule has 12 rings (SSSR count). The topological polar surface area (TPSA) is 62.5 Å². The summed E-state index contributed by atoms with van der Waals surface area (Å²) in [6, 6.07) is 82.9. The van der Waals surface area contributed by atoms with Gasteiger partial charge in [-0.15, -0.1) is 0 Å². The molecule has 0 aliphatic heterocycles. The number of hydrogen-bond donors (Lipinski definition) is 0. The number of nitriles is 1. The van der Waals surface area contributed by atoms with Gasteiger partial charge in [-0.2, -0.15) is 5.26 Å². The van der Waals surface area contributed by atoms with Crippen LogP contribution in [0.5, 0.6) is 0 Å². The molecule has 0 amide bonds. The van der Waals surface area contributed by atoms with Crippen LogP contribution in [0.2, 0.25) is 0 Å². The van der Waals surface area contributed by atoms with E-state index in [4.69, 9.17) is 15.0 Å². The molecule has 0 N–H and O–H groups in total. The van der Waals surface area contributed by atoms with Crippen LogP contribution in [0.3, 0.4) is 0 Å². The van der Waals surface area contributed by atoms with Gasteiger partial charge in [0.25, 0.3) is 0 Å². The first-order valence-electron chi connectivity index (χ1n) is 22.1. The van der Waals surface area contributed by atoms with E-state index in [1.165, 1.54) is 37.9 Å². The summed E-state index contributed by atoms with van der Waals surface area (Å²) in [6.45, 7) is 0. The summed E-state index contributed by atoms with van der Waals surface area (Å²) in [4.78, 5) is 15.5. The molecular formula is C62H38N4. The zero-order chi connectivity index (χ0) is 44.0. The van der Waals surface area contributed by atoms with Gasteiger partial charge in [-0.05, 0) is 112 Å². The monoisotopic (exact) mass is 838 g/mol. The average molecular weight is 839 g/mol. The summed E-state index contributed by atoms with van der Waals surface area (Å²) in [5.74, 6) is 1.83. The summed E-state index contributed by atoms with van der Waals surface area (Å²) >= 11 is 0. The molecule has 0 saturated heterocycles. The highest BCUT2D eigenvalue weighted by atomic mass is 15.0. The lowest BCUT2D eigenvalue weighted by Crippen LogP contribution is -2.01. The molecule has 0 radical (unpaired) electrons. The van der Waals surface area contributed by atoms with Gasteiger partial charge >= 0.3 is 0 Å². The van der Waals surface area contributed by atoms with Crippen molar-refractivity contribution in [1.29, 1.82) is 5.26 Å². The third-order valence-electron chi connectivity index (χ3n) is 12.8. The molecule has 0 aliphatic carbocycles. The Balaban J connectivity index is 0.888. The van der Waals surface area contributed by atoms with Crippen LogP contribution in [0.25, 0.3) is 122 Å². The lowest BCUT2D eigenvalue weighted by Gasteiger charge is -2.14. The first-order valence-corrected chi connectivity index (χ1v) is 22.1. The standard InChI is InChI=1S/C62H38N4/c63-39-40-35-50(42-23-21-41(22-24-42)49-32-31-47-30-29-44-11-5-7-17-54(44)59(47)38-49)37-51(36-40)43-25-27-46(28-26-43)53-16-8-9-18-57(53)61-64-60(48-13-2-1-3-14-48)65-62(66-61)58-20-10-19-55-52-15-6-4-12-45(52)33-34-56(55)58/h1-38H. The minimum atomic E-state index is 0.600. The van der Waals surface area contributed by atoms with E-state index in [-0.39, 0.29) is 0 Å². The number of aromatic nitrogens is 3. The van der Waals surface area contributed by atoms with Crippen molar-refractivity contribution in [1.82, 2.24) is 15.0 Å². The van der Waals surface area contributed by atoms with Crippen molar-refractivity contribution in [2.24, 2.45) is 0 Å². The van der Waals surface area contributed by atoms with Gasteiger partial charge in [0.15, 0.2) is 17.5 Å². The number of rotatable bonds is 7. The second kappa shape index (κ2) is 16.3. The maximum atomic E-state index is 10.2. The molecule has 12 aromatic rings. The number of hydrogen-bond acceptors (Lipinski definition) is 4. The molecule has 1 aromatic heterocycles. The number of benzene rings is 11. The van der Waals surface area contributed by atoms with Crippen molar-refractivity contribution in [3.8, 4) is 84.7 Å². The van der Waals surface area contributed by atoms with E-state index in [9.17, 15) is 5.26 Å². The molecule has 306 valence electrons. The Kier molecular flexibility index (Phi) is 9.51. The molecule has 0 bridgehead atoms. The summed E-state index contributed by atoms with van der Waals surface area (Å²) in [5, 5.41) is 19.8. The van der Waals surface area contributed by atoms with Crippen molar-refractivity contribution in [3.63, 3.8) is 0 Å². The molecule has 1 heterocycles. The largest absolute Gasteiger partial charge is 0.208 e. The fraction of sp³-hybridized carbons (Fsp3) is 0. The summed E-state index contributed by atoms with van der Waals surface area (Å²) < 4.78 is 0. The maximum Gasteiger partial charge on any atom is 0.164 e. The quantitative estimate of drug-likeness (QED) is 0.150. The van der Waals surface area contributed by atoms with E-state index >= 15 is 0 Å². The van der Waals surface area contributed by atoms with Gasteiger partial charge in [-0.25, -0.2) is 15.0 Å². The molecule has 0 spiro atoms. The predicted octanol–water partition coefficient (Wildman–Crippen LogP) is 16.0. The van der Waals surface area contributed by atoms with Gasteiger partial charge in [0, 0.05) is 16.7 Å².